The van der Waals surface area contributed by atoms with Gasteiger partial charge in [0.05, 0.1) is 13.7 Å². The average Bonchev–Trinajstić information content (AvgIpc) is 2.45. The number of aliphatic hydroxyl groups excluding tert-OH is 1. The average molecular weight is 267 g/mol. The van der Waals surface area contributed by atoms with Crippen molar-refractivity contribution in [2.45, 2.75) is 32.7 Å². The number of hydrogen-bond acceptors (Lipinski definition) is 4. The lowest BCUT2D eigenvalue weighted by molar-refractivity contribution is 0.265. The molecule has 4 heteroatoms. The first-order valence-corrected chi connectivity index (χ1v) is 6.93. The van der Waals surface area contributed by atoms with E-state index in [1.807, 2.05) is 18.2 Å². The summed E-state index contributed by atoms with van der Waals surface area (Å²) in [6.45, 7) is 4.72. The summed E-state index contributed by atoms with van der Waals surface area (Å²) >= 11 is 0. The van der Waals surface area contributed by atoms with E-state index in [-0.39, 0.29) is 6.61 Å². The number of rotatable bonds is 10. The summed E-state index contributed by atoms with van der Waals surface area (Å²) in [5.41, 5.74) is 1.11. The molecule has 0 amide bonds. The minimum Gasteiger partial charge on any atom is -0.497 e. The molecule has 0 unspecified atom stereocenters. The van der Waals surface area contributed by atoms with Crippen LogP contribution in [0.3, 0.4) is 0 Å². The van der Waals surface area contributed by atoms with Crippen molar-refractivity contribution in [3.05, 3.63) is 23.8 Å². The third-order valence-electron chi connectivity index (χ3n) is 2.89. The summed E-state index contributed by atoms with van der Waals surface area (Å²) in [5.74, 6) is 1.76. The predicted octanol–water partition coefficient (Wildman–Crippen LogP) is 2.35. The van der Waals surface area contributed by atoms with Crippen molar-refractivity contribution in [3.8, 4) is 11.5 Å². The first-order chi connectivity index (χ1) is 9.31. The molecule has 0 saturated heterocycles. The largest absolute Gasteiger partial charge is 0.497 e. The minimum atomic E-state index is 0.258. The lowest BCUT2D eigenvalue weighted by atomic mass is 10.2. The fraction of sp³-hybridized carbons (Fsp3) is 0.600. The van der Waals surface area contributed by atoms with Crippen molar-refractivity contribution in [1.82, 2.24) is 5.32 Å². The molecule has 0 aliphatic rings. The van der Waals surface area contributed by atoms with Crippen molar-refractivity contribution < 1.29 is 14.6 Å². The smallest absolute Gasteiger partial charge is 0.124 e. The molecule has 0 fully saturated rings. The van der Waals surface area contributed by atoms with Gasteiger partial charge in [0.2, 0.25) is 0 Å². The second kappa shape index (κ2) is 9.64. The molecule has 0 radical (unpaired) electrons. The van der Waals surface area contributed by atoms with Gasteiger partial charge in [0.1, 0.15) is 11.5 Å². The fourth-order valence-corrected chi connectivity index (χ4v) is 1.79. The monoisotopic (exact) mass is 267 g/mol. The maximum Gasteiger partial charge on any atom is 0.124 e. The van der Waals surface area contributed by atoms with Gasteiger partial charge in [-0.2, -0.15) is 0 Å². The Hall–Kier alpha value is -1.26. The van der Waals surface area contributed by atoms with E-state index in [2.05, 4.69) is 12.2 Å². The lowest BCUT2D eigenvalue weighted by Crippen LogP contribution is -2.13. The zero-order chi connectivity index (χ0) is 13.9. The third kappa shape index (κ3) is 5.94. The van der Waals surface area contributed by atoms with Crippen LogP contribution in [-0.4, -0.2) is 32.0 Å². The highest BCUT2D eigenvalue weighted by Gasteiger charge is 2.05. The van der Waals surface area contributed by atoms with Gasteiger partial charge < -0.3 is 19.9 Å². The van der Waals surface area contributed by atoms with Gasteiger partial charge in [0, 0.05) is 18.7 Å². The molecule has 1 aromatic carbocycles. The van der Waals surface area contributed by atoms with Crippen LogP contribution in [0.2, 0.25) is 0 Å². The highest BCUT2D eigenvalue weighted by molar-refractivity contribution is 5.40. The fourth-order valence-electron chi connectivity index (χ4n) is 1.79. The van der Waals surface area contributed by atoms with E-state index in [1.165, 1.54) is 0 Å². The first-order valence-electron chi connectivity index (χ1n) is 6.93. The molecule has 0 bridgehead atoms. The first kappa shape index (κ1) is 15.8. The van der Waals surface area contributed by atoms with Crippen LogP contribution in [0.5, 0.6) is 11.5 Å². The van der Waals surface area contributed by atoms with Gasteiger partial charge in [0.15, 0.2) is 0 Å². The molecule has 4 nitrogen and oxygen atoms in total. The van der Waals surface area contributed by atoms with Gasteiger partial charge in [-0.3, -0.25) is 0 Å². The van der Waals surface area contributed by atoms with Gasteiger partial charge >= 0.3 is 0 Å². The van der Waals surface area contributed by atoms with E-state index < -0.39 is 0 Å². The standard InChI is InChI=1S/C15H25NO3/c1-3-16-12-13-11-14(18-2)7-8-15(13)19-10-6-4-5-9-17/h7-8,11,16-17H,3-6,9-10,12H2,1-2H3. The SMILES string of the molecule is CCNCc1cc(OC)ccc1OCCCCCO. The van der Waals surface area contributed by atoms with Crippen LogP contribution >= 0.6 is 0 Å². The van der Waals surface area contributed by atoms with Gasteiger partial charge in [-0.25, -0.2) is 0 Å². The Bertz CT molecular complexity index is 355. The number of ether oxygens (including phenoxy) is 2. The van der Waals surface area contributed by atoms with E-state index in [1.54, 1.807) is 7.11 Å². The summed E-state index contributed by atoms with van der Waals surface area (Å²) in [4.78, 5) is 0. The zero-order valence-electron chi connectivity index (χ0n) is 11.9. The van der Waals surface area contributed by atoms with Crippen molar-refractivity contribution in [1.29, 1.82) is 0 Å². The zero-order valence-corrected chi connectivity index (χ0v) is 11.9. The summed E-state index contributed by atoms with van der Waals surface area (Å²) in [6.07, 6.45) is 2.80. The van der Waals surface area contributed by atoms with Crippen molar-refractivity contribution in [3.63, 3.8) is 0 Å². The maximum absolute atomic E-state index is 8.72. The van der Waals surface area contributed by atoms with Crippen LogP contribution in [0.1, 0.15) is 31.7 Å². The van der Waals surface area contributed by atoms with Crippen LogP contribution < -0.4 is 14.8 Å². The Morgan fingerprint density at radius 3 is 2.74 bits per heavy atom. The second-order valence-corrected chi connectivity index (χ2v) is 4.39. The minimum absolute atomic E-state index is 0.258. The topological polar surface area (TPSA) is 50.7 Å². The molecular formula is C15H25NO3. The van der Waals surface area contributed by atoms with Gasteiger partial charge in [-0.05, 0) is 44.0 Å². The van der Waals surface area contributed by atoms with E-state index in [0.29, 0.717) is 6.61 Å². The molecule has 0 aliphatic heterocycles. The number of aliphatic hydroxyl groups is 1. The van der Waals surface area contributed by atoms with Crippen LogP contribution in [0.4, 0.5) is 0 Å². The molecule has 1 rings (SSSR count). The Morgan fingerprint density at radius 1 is 1.21 bits per heavy atom. The van der Waals surface area contributed by atoms with E-state index in [0.717, 1.165) is 49.4 Å². The summed E-state index contributed by atoms with van der Waals surface area (Å²) in [6, 6.07) is 5.88. The number of benzene rings is 1. The van der Waals surface area contributed by atoms with Crippen molar-refractivity contribution in [2.24, 2.45) is 0 Å². The molecule has 0 aromatic heterocycles. The van der Waals surface area contributed by atoms with E-state index in [4.69, 9.17) is 14.6 Å². The van der Waals surface area contributed by atoms with Crippen LogP contribution in [0, 0.1) is 0 Å². The highest BCUT2D eigenvalue weighted by Crippen LogP contribution is 2.24. The Kier molecular flexibility index (Phi) is 8.02. The number of nitrogens with one attached hydrogen (secondary N) is 1. The van der Waals surface area contributed by atoms with Crippen LogP contribution in [-0.2, 0) is 6.54 Å². The molecule has 1 aromatic rings. The molecule has 0 aliphatic carbocycles. The van der Waals surface area contributed by atoms with Gasteiger partial charge in [-0.15, -0.1) is 0 Å². The highest BCUT2D eigenvalue weighted by atomic mass is 16.5. The van der Waals surface area contributed by atoms with Crippen molar-refractivity contribution in [2.75, 3.05) is 26.9 Å². The molecule has 19 heavy (non-hydrogen) atoms. The molecular weight excluding hydrogens is 242 g/mol. The van der Waals surface area contributed by atoms with Gasteiger partial charge in [-0.1, -0.05) is 6.92 Å². The summed E-state index contributed by atoms with van der Waals surface area (Å²) in [7, 11) is 1.67. The van der Waals surface area contributed by atoms with Crippen molar-refractivity contribution >= 4 is 0 Å². The summed E-state index contributed by atoms with van der Waals surface area (Å²) < 4.78 is 11.0. The predicted molar refractivity (Wildman–Crippen MR) is 76.8 cm³/mol. The van der Waals surface area contributed by atoms with E-state index >= 15 is 0 Å². The van der Waals surface area contributed by atoms with Crippen LogP contribution in [0.25, 0.3) is 0 Å². The molecule has 108 valence electrons. The number of methoxy groups -OCH3 is 1. The van der Waals surface area contributed by atoms with E-state index in [9.17, 15) is 0 Å². The maximum atomic E-state index is 8.72. The Balaban J connectivity index is 2.54. The van der Waals surface area contributed by atoms with Gasteiger partial charge in [0.25, 0.3) is 0 Å². The molecule has 0 heterocycles. The molecule has 2 N–H and O–H groups in total. The molecule has 0 saturated carbocycles. The Labute approximate surface area is 115 Å². The molecule has 0 spiro atoms. The second-order valence-electron chi connectivity index (χ2n) is 4.39. The van der Waals surface area contributed by atoms with Crippen LogP contribution in [0.15, 0.2) is 18.2 Å². The lowest BCUT2D eigenvalue weighted by Gasteiger charge is -2.13. The third-order valence-corrected chi connectivity index (χ3v) is 2.89. The number of hydrogen-bond donors (Lipinski definition) is 2. The normalized spacial score (nSPS) is 10.5. The quantitative estimate of drug-likeness (QED) is 0.639. The molecule has 0 atom stereocenters. The number of unbranched alkanes of at least 4 members (excludes halogenated alkanes) is 2. The summed E-state index contributed by atoms with van der Waals surface area (Å²) in [5, 5.41) is 12.0. The Morgan fingerprint density at radius 2 is 2.05 bits per heavy atom.